The maximum absolute atomic E-state index is 5.98. The van der Waals surface area contributed by atoms with Crippen LogP contribution >= 0.6 is 0 Å². The Kier molecular flexibility index (Phi) is 4.72. The molecule has 1 atom stereocenters. The summed E-state index contributed by atoms with van der Waals surface area (Å²) in [5, 5.41) is 2.29. The molecule has 0 aromatic heterocycles. The van der Waals surface area contributed by atoms with Gasteiger partial charge in [-0.3, -0.25) is 0 Å². The molecular formula is C21H23NO2. The lowest BCUT2D eigenvalue weighted by atomic mass is 10.0. The first-order chi connectivity index (χ1) is 11.5. The van der Waals surface area contributed by atoms with Gasteiger partial charge in [-0.05, 0) is 67.4 Å². The number of hydrogen-bond donors (Lipinski definition) is 1. The number of benzene rings is 3. The standard InChI is InChI=1S/C21H23NO2/c1-14(2)23-19-5-4-6-20(13-19)24-21-10-9-17-11-16(15(3)22)7-8-18(17)12-21/h4-15H,22H2,1-3H3. The molecule has 0 radical (unpaired) electrons. The molecule has 0 saturated heterocycles. The molecule has 3 nitrogen and oxygen atoms in total. The van der Waals surface area contributed by atoms with Crippen molar-refractivity contribution in [2.24, 2.45) is 5.73 Å². The number of fused-ring (bicyclic) bond motifs is 1. The van der Waals surface area contributed by atoms with Gasteiger partial charge in [-0.1, -0.05) is 24.3 Å². The van der Waals surface area contributed by atoms with E-state index in [1.165, 1.54) is 0 Å². The molecule has 3 aromatic rings. The van der Waals surface area contributed by atoms with Crippen molar-refractivity contribution in [3.63, 3.8) is 0 Å². The summed E-state index contributed by atoms with van der Waals surface area (Å²) in [6.07, 6.45) is 0.139. The van der Waals surface area contributed by atoms with Gasteiger partial charge in [0.2, 0.25) is 0 Å². The van der Waals surface area contributed by atoms with Crippen LogP contribution in [0.4, 0.5) is 0 Å². The monoisotopic (exact) mass is 321 g/mol. The zero-order chi connectivity index (χ0) is 17.1. The summed E-state index contributed by atoms with van der Waals surface area (Å²) in [7, 11) is 0. The Morgan fingerprint density at radius 1 is 0.750 bits per heavy atom. The molecule has 2 N–H and O–H groups in total. The van der Waals surface area contributed by atoms with Crippen molar-refractivity contribution in [1.29, 1.82) is 0 Å². The zero-order valence-electron chi connectivity index (χ0n) is 14.3. The molecule has 0 aliphatic heterocycles. The quantitative estimate of drug-likeness (QED) is 0.680. The second-order valence-corrected chi connectivity index (χ2v) is 6.30. The molecule has 0 spiro atoms. The Morgan fingerprint density at radius 3 is 2.17 bits per heavy atom. The van der Waals surface area contributed by atoms with Crippen molar-refractivity contribution in [3.05, 3.63) is 66.2 Å². The van der Waals surface area contributed by atoms with Crippen molar-refractivity contribution in [2.75, 3.05) is 0 Å². The first-order valence-corrected chi connectivity index (χ1v) is 8.25. The first kappa shape index (κ1) is 16.3. The summed E-state index contributed by atoms with van der Waals surface area (Å²) in [6, 6.07) is 20.1. The van der Waals surface area contributed by atoms with E-state index in [1.807, 2.05) is 57.2 Å². The van der Waals surface area contributed by atoms with Gasteiger partial charge in [0.15, 0.2) is 0 Å². The molecule has 0 bridgehead atoms. The van der Waals surface area contributed by atoms with E-state index in [2.05, 4.69) is 24.3 Å². The van der Waals surface area contributed by atoms with E-state index in [-0.39, 0.29) is 12.1 Å². The van der Waals surface area contributed by atoms with Crippen LogP contribution in [0, 0.1) is 0 Å². The van der Waals surface area contributed by atoms with Gasteiger partial charge in [0.05, 0.1) is 6.10 Å². The van der Waals surface area contributed by atoms with Crippen LogP contribution in [0.1, 0.15) is 32.4 Å². The van der Waals surface area contributed by atoms with E-state index in [4.69, 9.17) is 15.2 Å². The highest BCUT2D eigenvalue weighted by Crippen LogP contribution is 2.29. The van der Waals surface area contributed by atoms with Crippen LogP contribution in [-0.4, -0.2) is 6.10 Å². The molecule has 0 aliphatic carbocycles. The van der Waals surface area contributed by atoms with Crippen LogP contribution in [0.5, 0.6) is 17.2 Å². The predicted molar refractivity (Wildman–Crippen MR) is 98.8 cm³/mol. The molecule has 3 rings (SSSR count). The normalized spacial score (nSPS) is 12.4. The highest BCUT2D eigenvalue weighted by Gasteiger charge is 2.05. The fourth-order valence-electron chi connectivity index (χ4n) is 2.61. The average Bonchev–Trinajstić information content (AvgIpc) is 2.54. The lowest BCUT2D eigenvalue weighted by Crippen LogP contribution is -2.05. The average molecular weight is 321 g/mol. The Bertz CT molecular complexity index is 840. The van der Waals surface area contributed by atoms with Gasteiger partial charge in [-0.15, -0.1) is 0 Å². The zero-order valence-corrected chi connectivity index (χ0v) is 14.3. The molecule has 24 heavy (non-hydrogen) atoms. The predicted octanol–water partition coefficient (Wildman–Crippen LogP) is 5.44. The van der Waals surface area contributed by atoms with Gasteiger partial charge in [0, 0.05) is 12.1 Å². The van der Waals surface area contributed by atoms with E-state index < -0.39 is 0 Å². The molecular weight excluding hydrogens is 298 g/mol. The summed E-state index contributed by atoms with van der Waals surface area (Å²) >= 11 is 0. The number of hydrogen-bond acceptors (Lipinski definition) is 3. The number of rotatable bonds is 5. The van der Waals surface area contributed by atoms with Crippen LogP contribution in [0.2, 0.25) is 0 Å². The van der Waals surface area contributed by atoms with Crippen molar-refractivity contribution in [1.82, 2.24) is 0 Å². The maximum Gasteiger partial charge on any atom is 0.131 e. The largest absolute Gasteiger partial charge is 0.491 e. The molecule has 0 saturated carbocycles. The van der Waals surface area contributed by atoms with Gasteiger partial charge >= 0.3 is 0 Å². The summed E-state index contributed by atoms with van der Waals surface area (Å²) in [6.45, 7) is 6.01. The van der Waals surface area contributed by atoms with Crippen LogP contribution < -0.4 is 15.2 Å². The topological polar surface area (TPSA) is 44.5 Å². The van der Waals surface area contributed by atoms with Crippen molar-refractivity contribution < 1.29 is 9.47 Å². The summed E-state index contributed by atoms with van der Waals surface area (Å²) in [5.41, 5.74) is 7.08. The summed E-state index contributed by atoms with van der Waals surface area (Å²) in [4.78, 5) is 0. The molecule has 0 aliphatic rings. The Balaban J connectivity index is 1.84. The number of ether oxygens (including phenoxy) is 2. The maximum atomic E-state index is 5.98. The molecule has 124 valence electrons. The third-order valence-corrected chi connectivity index (χ3v) is 3.77. The molecule has 1 unspecified atom stereocenters. The lowest BCUT2D eigenvalue weighted by Gasteiger charge is -2.12. The highest BCUT2D eigenvalue weighted by molar-refractivity contribution is 5.84. The van der Waals surface area contributed by atoms with E-state index in [9.17, 15) is 0 Å². The SMILES string of the molecule is CC(C)Oc1cccc(Oc2ccc3cc(C(C)N)ccc3c2)c1. The first-order valence-electron chi connectivity index (χ1n) is 8.25. The van der Waals surface area contributed by atoms with Crippen molar-refractivity contribution in [2.45, 2.75) is 32.9 Å². The minimum absolute atomic E-state index is 0.0361. The van der Waals surface area contributed by atoms with E-state index >= 15 is 0 Å². The fraction of sp³-hybridized carbons (Fsp3) is 0.238. The molecule has 0 amide bonds. The fourth-order valence-corrected chi connectivity index (χ4v) is 2.61. The summed E-state index contributed by atoms with van der Waals surface area (Å²) in [5.74, 6) is 2.38. The highest BCUT2D eigenvalue weighted by atomic mass is 16.5. The lowest BCUT2D eigenvalue weighted by molar-refractivity contribution is 0.241. The minimum Gasteiger partial charge on any atom is -0.491 e. The van der Waals surface area contributed by atoms with Crippen LogP contribution in [0.3, 0.4) is 0 Å². The van der Waals surface area contributed by atoms with Crippen molar-refractivity contribution >= 4 is 10.8 Å². The van der Waals surface area contributed by atoms with Gasteiger partial charge in [-0.2, -0.15) is 0 Å². The summed E-state index contributed by atoms with van der Waals surface area (Å²) < 4.78 is 11.7. The second-order valence-electron chi connectivity index (χ2n) is 6.30. The van der Waals surface area contributed by atoms with Crippen LogP contribution in [-0.2, 0) is 0 Å². The van der Waals surface area contributed by atoms with Gasteiger partial charge in [-0.25, -0.2) is 0 Å². The molecule has 3 aromatic carbocycles. The Hall–Kier alpha value is -2.52. The third-order valence-electron chi connectivity index (χ3n) is 3.77. The van der Waals surface area contributed by atoms with Crippen molar-refractivity contribution in [3.8, 4) is 17.2 Å². The minimum atomic E-state index is 0.0361. The van der Waals surface area contributed by atoms with Gasteiger partial charge in [0.1, 0.15) is 17.2 Å². The van der Waals surface area contributed by atoms with Gasteiger partial charge in [0.25, 0.3) is 0 Å². The van der Waals surface area contributed by atoms with Crippen LogP contribution in [0.25, 0.3) is 10.8 Å². The smallest absolute Gasteiger partial charge is 0.131 e. The number of nitrogens with two attached hydrogens (primary N) is 1. The van der Waals surface area contributed by atoms with E-state index in [0.717, 1.165) is 33.6 Å². The molecule has 0 fully saturated rings. The van der Waals surface area contributed by atoms with E-state index in [1.54, 1.807) is 0 Å². The Labute approximate surface area is 143 Å². The van der Waals surface area contributed by atoms with E-state index in [0.29, 0.717) is 0 Å². The second kappa shape index (κ2) is 6.93. The molecule has 0 heterocycles. The molecule has 3 heteroatoms. The Morgan fingerprint density at radius 2 is 1.42 bits per heavy atom. The third kappa shape index (κ3) is 3.87. The van der Waals surface area contributed by atoms with Crippen LogP contribution in [0.15, 0.2) is 60.7 Å². The van der Waals surface area contributed by atoms with Gasteiger partial charge < -0.3 is 15.2 Å².